The zero-order valence-corrected chi connectivity index (χ0v) is 14.9. The molecule has 0 radical (unpaired) electrons. The van der Waals surface area contributed by atoms with Crippen LogP contribution in [-0.2, 0) is 4.79 Å². The van der Waals surface area contributed by atoms with E-state index in [4.69, 9.17) is 0 Å². The van der Waals surface area contributed by atoms with Crippen molar-refractivity contribution in [2.45, 2.75) is 47.0 Å². The maximum Gasteiger partial charge on any atom is 0.246 e. The molecule has 1 aliphatic heterocycles. The number of hydrogen-bond acceptors (Lipinski definition) is 2. The van der Waals surface area contributed by atoms with Crippen LogP contribution in [0.5, 0.6) is 0 Å². The summed E-state index contributed by atoms with van der Waals surface area (Å²) in [4.78, 5) is 16.5. The molecule has 1 rings (SSSR count). The molecular formula is C18H34N2O. The van der Waals surface area contributed by atoms with Gasteiger partial charge in [-0.05, 0) is 50.6 Å². The van der Waals surface area contributed by atoms with E-state index in [2.05, 4.69) is 37.5 Å². The van der Waals surface area contributed by atoms with Gasteiger partial charge in [0.25, 0.3) is 0 Å². The van der Waals surface area contributed by atoms with Gasteiger partial charge in [-0.15, -0.1) is 0 Å². The Labute approximate surface area is 131 Å². The lowest BCUT2D eigenvalue weighted by atomic mass is 9.65. The van der Waals surface area contributed by atoms with Gasteiger partial charge in [0.05, 0.1) is 0 Å². The Bertz CT molecular complexity index is 362. The molecule has 2 unspecified atom stereocenters. The molecule has 0 aromatic heterocycles. The van der Waals surface area contributed by atoms with Gasteiger partial charge in [-0.25, -0.2) is 0 Å². The van der Waals surface area contributed by atoms with Crippen LogP contribution in [0.4, 0.5) is 0 Å². The van der Waals surface area contributed by atoms with E-state index in [9.17, 15) is 4.79 Å². The van der Waals surface area contributed by atoms with E-state index in [-0.39, 0.29) is 5.91 Å². The molecule has 0 bridgehead atoms. The summed E-state index contributed by atoms with van der Waals surface area (Å²) >= 11 is 0. The SMILES string of the molecule is CCC1(C(C)C(C)C)CCCN(C(=O)/C=C/CN(C)C)C1. The van der Waals surface area contributed by atoms with E-state index < -0.39 is 0 Å². The lowest BCUT2D eigenvalue weighted by Gasteiger charge is -2.47. The van der Waals surface area contributed by atoms with Crippen molar-refractivity contribution >= 4 is 5.91 Å². The third-order valence-electron chi connectivity index (χ3n) is 5.32. The van der Waals surface area contributed by atoms with E-state index in [1.807, 2.05) is 20.2 Å². The lowest BCUT2D eigenvalue weighted by molar-refractivity contribution is -0.131. The predicted molar refractivity (Wildman–Crippen MR) is 90.2 cm³/mol. The summed E-state index contributed by atoms with van der Waals surface area (Å²) in [6.45, 7) is 11.9. The molecule has 1 aliphatic rings. The van der Waals surface area contributed by atoms with Gasteiger partial charge in [0, 0.05) is 25.7 Å². The number of hydrogen-bond donors (Lipinski definition) is 0. The van der Waals surface area contributed by atoms with Crippen LogP contribution in [0.15, 0.2) is 12.2 Å². The number of nitrogens with zero attached hydrogens (tertiary/aromatic N) is 2. The van der Waals surface area contributed by atoms with Crippen molar-refractivity contribution in [3.8, 4) is 0 Å². The van der Waals surface area contributed by atoms with Crippen LogP contribution in [0, 0.1) is 17.3 Å². The van der Waals surface area contributed by atoms with Crippen LogP contribution in [-0.4, -0.2) is 49.4 Å². The van der Waals surface area contributed by atoms with Crippen molar-refractivity contribution in [2.75, 3.05) is 33.7 Å². The van der Waals surface area contributed by atoms with Crippen LogP contribution in [0.25, 0.3) is 0 Å². The van der Waals surface area contributed by atoms with Crippen molar-refractivity contribution in [2.24, 2.45) is 17.3 Å². The number of likely N-dealkylation sites (tertiary alicyclic amines) is 1. The average molecular weight is 294 g/mol. The van der Waals surface area contributed by atoms with Crippen molar-refractivity contribution in [1.82, 2.24) is 9.80 Å². The standard InChI is InChI=1S/C18H34N2O/c1-7-18(16(4)15(2)3)11-9-13-20(14-18)17(21)10-8-12-19(5)6/h8,10,15-16H,7,9,11-14H2,1-6H3/b10-8+. The number of likely N-dealkylation sites (N-methyl/N-ethyl adjacent to an activating group) is 1. The Balaban J connectivity index is 2.74. The molecule has 0 saturated carbocycles. The first kappa shape index (κ1) is 18.2. The van der Waals surface area contributed by atoms with Crippen LogP contribution in [0.2, 0.25) is 0 Å². The average Bonchev–Trinajstić information content (AvgIpc) is 2.45. The van der Waals surface area contributed by atoms with Crippen LogP contribution < -0.4 is 0 Å². The molecule has 1 saturated heterocycles. The van der Waals surface area contributed by atoms with Crippen molar-refractivity contribution < 1.29 is 4.79 Å². The van der Waals surface area contributed by atoms with E-state index in [1.54, 1.807) is 6.08 Å². The fraction of sp³-hybridized carbons (Fsp3) is 0.833. The zero-order chi connectivity index (χ0) is 16.0. The van der Waals surface area contributed by atoms with Gasteiger partial charge < -0.3 is 9.80 Å². The Morgan fingerprint density at radius 1 is 1.33 bits per heavy atom. The summed E-state index contributed by atoms with van der Waals surface area (Å²) in [5, 5.41) is 0. The molecule has 21 heavy (non-hydrogen) atoms. The molecule has 122 valence electrons. The number of carbonyl (C=O) groups excluding carboxylic acids is 1. The number of carbonyl (C=O) groups is 1. The summed E-state index contributed by atoms with van der Waals surface area (Å²) in [5.74, 6) is 1.51. The molecule has 0 aromatic rings. The smallest absolute Gasteiger partial charge is 0.246 e. The summed E-state index contributed by atoms with van der Waals surface area (Å²) in [6.07, 6.45) is 7.28. The maximum atomic E-state index is 12.4. The Kier molecular flexibility index (Phi) is 6.92. The van der Waals surface area contributed by atoms with E-state index >= 15 is 0 Å². The molecule has 3 heteroatoms. The molecule has 0 N–H and O–H groups in total. The second-order valence-electron chi connectivity index (χ2n) is 7.28. The van der Waals surface area contributed by atoms with Crippen molar-refractivity contribution in [3.05, 3.63) is 12.2 Å². The molecule has 1 heterocycles. The summed E-state index contributed by atoms with van der Waals surface area (Å²) < 4.78 is 0. The van der Waals surface area contributed by atoms with Gasteiger partial charge in [-0.1, -0.05) is 33.8 Å². The van der Waals surface area contributed by atoms with Crippen LogP contribution in [0.3, 0.4) is 0 Å². The highest BCUT2D eigenvalue weighted by molar-refractivity contribution is 5.87. The lowest BCUT2D eigenvalue weighted by Crippen LogP contribution is -2.49. The number of rotatable bonds is 6. The maximum absolute atomic E-state index is 12.4. The third-order valence-corrected chi connectivity index (χ3v) is 5.32. The monoisotopic (exact) mass is 294 g/mol. The second-order valence-corrected chi connectivity index (χ2v) is 7.28. The van der Waals surface area contributed by atoms with Crippen LogP contribution in [0.1, 0.15) is 47.0 Å². The first-order chi connectivity index (χ1) is 9.82. The summed E-state index contributed by atoms with van der Waals surface area (Å²) in [5.41, 5.74) is 0.303. The van der Waals surface area contributed by atoms with Crippen molar-refractivity contribution in [3.63, 3.8) is 0 Å². The number of piperidine rings is 1. The predicted octanol–water partition coefficient (Wildman–Crippen LogP) is 3.42. The van der Waals surface area contributed by atoms with Gasteiger partial charge in [-0.3, -0.25) is 4.79 Å². The van der Waals surface area contributed by atoms with E-state index in [0.29, 0.717) is 17.3 Å². The van der Waals surface area contributed by atoms with Crippen LogP contribution >= 0.6 is 0 Å². The topological polar surface area (TPSA) is 23.6 Å². The normalized spacial score (nSPS) is 25.0. The first-order valence-corrected chi connectivity index (χ1v) is 8.42. The van der Waals surface area contributed by atoms with E-state index in [1.165, 1.54) is 6.42 Å². The fourth-order valence-electron chi connectivity index (χ4n) is 3.51. The van der Waals surface area contributed by atoms with Gasteiger partial charge in [0.15, 0.2) is 0 Å². The first-order valence-electron chi connectivity index (χ1n) is 8.42. The fourth-order valence-corrected chi connectivity index (χ4v) is 3.51. The quantitative estimate of drug-likeness (QED) is 0.701. The minimum Gasteiger partial charge on any atom is -0.339 e. The largest absolute Gasteiger partial charge is 0.339 e. The molecule has 0 aromatic carbocycles. The van der Waals surface area contributed by atoms with Gasteiger partial charge >= 0.3 is 0 Å². The van der Waals surface area contributed by atoms with Gasteiger partial charge in [0.2, 0.25) is 5.91 Å². The molecule has 0 spiro atoms. The summed E-state index contributed by atoms with van der Waals surface area (Å²) in [7, 11) is 4.03. The molecule has 0 aliphatic carbocycles. The van der Waals surface area contributed by atoms with Crippen molar-refractivity contribution in [1.29, 1.82) is 0 Å². The summed E-state index contributed by atoms with van der Waals surface area (Å²) in [6, 6.07) is 0. The Morgan fingerprint density at radius 3 is 2.52 bits per heavy atom. The van der Waals surface area contributed by atoms with Gasteiger partial charge in [-0.2, -0.15) is 0 Å². The zero-order valence-electron chi connectivity index (χ0n) is 14.9. The Hall–Kier alpha value is -0.830. The second kappa shape index (κ2) is 7.98. The highest BCUT2D eigenvalue weighted by Gasteiger charge is 2.40. The molecule has 3 nitrogen and oxygen atoms in total. The van der Waals surface area contributed by atoms with E-state index in [0.717, 1.165) is 32.5 Å². The Morgan fingerprint density at radius 2 is 2.00 bits per heavy atom. The van der Waals surface area contributed by atoms with Gasteiger partial charge in [0.1, 0.15) is 0 Å². The number of amides is 1. The highest BCUT2D eigenvalue weighted by Crippen LogP contribution is 2.43. The molecule has 1 fully saturated rings. The molecular weight excluding hydrogens is 260 g/mol. The highest BCUT2D eigenvalue weighted by atomic mass is 16.2. The minimum atomic E-state index is 0.185. The third kappa shape index (κ3) is 4.84. The molecule has 1 amide bonds. The minimum absolute atomic E-state index is 0.185. The molecule has 2 atom stereocenters.